The Morgan fingerprint density at radius 1 is 0.959 bits per heavy atom. The van der Waals surface area contributed by atoms with Crippen LogP contribution in [0.5, 0.6) is 0 Å². The van der Waals surface area contributed by atoms with Crippen molar-refractivity contribution in [3.05, 3.63) is 41.5 Å². The van der Waals surface area contributed by atoms with Gasteiger partial charge in [-0.25, -0.2) is 4.79 Å². The summed E-state index contributed by atoms with van der Waals surface area (Å²) in [5, 5.41) is 8.02. The topological polar surface area (TPSA) is 70.7 Å². The summed E-state index contributed by atoms with van der Waals surface area (Å²) >= 11 is 0. The van der Waals surface area contributed by atoms with E-state index in [2.05, 4.69) is 75.4 Å². The van der Waals surface area contributed by atoms with Gasteiger partial charge in [-0.2, -0.15) is 0 Å². The van der Waals surface area contributed by atoms with Gasteiger partial charge in [0.05, 0.1) is 12.7 Å². The van der Waals surface area contributed by atoms with Crippen LogP contribution in [0.2, 0.25) is 0 Å². The van der Waals surface area contributed by atoms with Crippen LogP contribution in [0.15, 0.2) is 30.3 Å². The molecule has 1 heterocycles. The predicted octanol–water partition coefficient (Wildman–Crippen LogP) is 7.17. The molecule has 5 aliphatic carbocycles. The number of ether oxygens (including phenoxy) is 1. The lowest BCUT2D eigenvalue weighted by atomic mass is 9.36. The molecule has 0 amide bonds. The summed E-state index contributed by atoms with van der Waals surface area (Å²) in [5.74, 6) is 5.92. The number of rotatable bonds is 8. The third kappa shape index (κ3) is 5.93. The first-order valence-electron chi connectivity index (χ1n) is 19.8. The molecule has 272 valence electrons. The SMILES string of the molecule is CNC(C)C1CCC2(NCCN3CCS(=O)CC3)CCC3C(CCC4C3(C)CCC3C(C)(C)C(c5ccc(C(=O)OC)cc5)=CCC34C)C12. The molecule has 5 fully saturated rings. The third-order valence-corrected chi connectivity index (χ3v) is 17.4. The number of carbonyl (C=O) groups is 1. The Balaban J connectivity index is 1.13. The quantitative estimate of drug-likeness (QED) is 0.282. The van der Waals surface area contributed by atoms with Crippen molar-refractivity contribution in [3.63, 3.8) is 0 Å². The van der Waals surface area contributed by atoms with Crippen LogP contribution in [0.4, 0.5) is 0 Å². The molecule has 1 saturated heterocycles. The van der Waals surface area contributed by atoms with Gasteiger partial charge >= 0.3 is 5.97 Å². The van der Waals surface area contributed by atoms with Gasteiger partial charge in [-0.05, 0) is 147 Å². The third-order valence-electron chi connectivity index (χ3n) is 16.1. The van der Waals surface area contributed by atoms with Crippen LogP contribution in [0.25, 0.3) is 5.57 Å². The number of methoxy groups -OCH3 is 1. The van der Waals surface area contributed by atoms with E-state index in [-0.39, 0.29) is 16.9 Å². The summed E-state index contributed by atoms with van der Waals surface area (Å²) in [5.41, 5.74) is 4.38. The van der Waals surface area contributed by atoms with Crippen LogP contribution < -0.4 is 10.6 Å². The van der Waals surface area contributed by atoms with Crippen molar-refractivity contribution in [2.24, 2.45) is 51.8 Å². The number of benzene rings is 1. The molecular weight excluding hydrogens is 627 g/mol. The molecule has 7 heteroatoms. The fraction of sp³-hybridized carbons (Fsp3) is 0.786. The Morgan fingerprint density at radius 2 is 1.67 bits per heavy atom. The van der Waals surface area contributed by atoms with Crippen molar-refractivity contribution >= 4 is 22.3 Å². The van der Waals surface area contributed by atoms with E-state index in [4.69, 9.17) is 4.74 Å². The summed E-state index contributed by atoms with van der Waals surface area (Å²) in [6, 6.07) is 8.70. The van der Waals surface area contributed by atoms with Crippen LogP contribution in [0.3, 0.4) is 0 Å². The highest BCUT2D eigenvalue weighted by atomic mass is 32.2. The fourth-order valence-corrected chi connectivity index (χ4v) is 14.9. The van der Waals surface area contributed by atoms with E-state index in [9.17, 15) is 9.00 Å². The Labute approximate surface area is 299 Å². The van der Waals surface area contributed by atoms with Gasteiger partial charge in [0.25, 0.3) is 0 Å². The number of esters is 1. The number of hydrogen-bond acceptors (Lipinski definition) is 6. The van der Waals surface area contributed by atoms with Crippen molar-refractivity contribution in [1.29, 1.82) is 0 Å². The maximum atomic E-state index is 12.1. The molecule has 7 rings (SSSR count). The summed E-state index contributed by atoms with van der Waals surface area (Å²) in [4.78, 5) is 14.7. The van der Waals surface area contributed by atoms with Crippen LogP contribution in [0, 0.1) is 51.8 Å². The van der Waals surface area contributed by atoms with Gasteiger partial charge in [-0.3, -0.25) is 4.21 Å². The smallest absolute Gasteiger partial charge is 0.337 e. The van der Waals surface area contributed by atoms with Gasteiger partial charge in [-0.15, -0.1) is 0 Å². The number of fused-ring (bicyclic) bond motifs is 7. The fourth-order valence-electron chi connectivity index (χ4n) is 13.8. The molecule has 6 aliphatic rings. The minimum atomic E-state index is -0.610. The Morgan fingerprint density at radius 3 is 2.37 bits per heavy atom. The molecule has 0 radical (unpaired) electrons. The monoisotopic (exact) mass is 691 g/mol. The lowest BCUT2D eigenvalue weighted by Crippen LogP contribution is -2.65. The van der Waals surface area contributed by atoms with Gasteiger partial charge in [0.1, 0.15) is 0 Å². The molecule has 49 heavy (non-hydrogen) atoms. The van der Waals surface area contributed by atoms with Crippen molar-refractivity contribution in [2.45, 2.75) is 104 Å². The summed E-state index contributed by atoms with van der Waals surface area (Å²) in [6.45, 7) is 17.0. The second-order valence-corrected chi connectivity index (χ2v) is 19.9. The highest BCUT2D eigenvalue weighted by Gasteiger charge is 2.66. The first kappa shape index (κ1) is 35.8. The van der Waals surface area contributed by atoms with E-state index < -0.39 is 10.8 Å². The van der Waals surface area contributed by atoms with Gasteiger partial charge in [0.15, 0.2) is 0 Å². The van der Waals surface area contributed by atoms with Crippen molar-refractivity contribution in [2.75, 3.05) is 51.8 Å². The minimum absolute atomic E-state index is 0.0752. The molecule has 0 aromatic heterocycles. The highest BCUT2D eigenvalue weighted by molar-refractivity contribution is 7.85. The Kier molecular flexibility index (Phi) is 9.85. The molecule has 0 spiro atoms. The maximum absolute atomic E-state index is 12.1. The molecule has 10 unspecified atom stereocenters. The van der Waals surface area contributed by atoms with Gasteiger partial charge in [0, 0.05) is 60.1 Å². The van der Waals surface area contributed by atoms with E-state index in [1.54, 1.807) is 0 Å². The molecule has 2 N–H and O–H groups in total. The van der Waals surface area contributed by atoms with Gasteiger partial charge in [-0.1, -0.05) is 45.9 Å². The van der Waals surface area contributed by atoms with Crippen LogP contribution in [-0.4, -0.2) is 78.5 Å². The van der Waals surface area contributed by atoms with Crippen molar-refractivity contribution in [1.82, 2.24) is 15.5 Å². The Hall–Kier alpha value is -1.54. The van der Waals surface area contributed by atoms with Crippen molar-refractivity contribution < 1.29 is 13.7 Å². The van der Waals surface area contributed by atoms with Crippen molar-refractivity contribution in [3.8, 4) is 0 Å². The molecule has 4 saturated carbocycles. The Bertz CT molecular complexity index is 1430. The number of allylic oxidation sites excluding steroid dienone is 2. The number of carbonyl (C=O) groups excluding carboxylic acids is 1. The standard InChI is InChI=1S/C42H65N3O3S/c1-28(43-6)31-14-20-42(44-22-23-45-24-26-49(47)27-25-45)21-16-34-32(37(31)42)12-13-36-40(34,4)19-17-35-39(2,3)33(15-18-41(35,36)5)29-8-10-30(11-9-29)38(46)48-7/h8-11,15,28,31-32,34-37,43-44H,12-14,16-27H2,1-7H3. The molecule has 0 bridgehead atoms. The maximum Gasteiger partial charge on any atom is 0.337 e. The first-order chi connectivity index (χ1) is 23.4. The number of hydrogen-bond donors (Lipinski definition) is 2. The molecule has 10 atom stereocenters. The van der Waals surface area contributed by atoms with Crippen LogP contribution >= 0.6 is 0 Å². The van der Waals surface area contributed by atoms with E-state index >= 15 is 0 Å². The van der Waals surface area contributed by atoms with Gasteiger partial charge < -0.3 is 20.3 Å². The number of nitrogens with zero attached hydrogens (tertiary/aromatic N) is 1. The average molecular weight is 692 g/mol. The molecule has 1 aliphatic heterocycles. The largest absolute Gasteiger partial charge is 0.465 e. The second kappa shape index (κ2) is 13.5. The zero-order valence-corrected chi connectivity index (χ0v) is 32.4. The lowest BCUT2D eigenvalue weighted by molar-refractivity contribution is -0.176. The highest BCUT2D eigenvalue weighted by Crippen LogP contribution is 2.73. The number of nitrogens with one attached hydrogen (secondary N) is 2. The van der Waals surface area contributed by atoms with E-state index in [0.717, 1.165) is 73.7 Å². The summed E-state index contributed by atoms with van der Waals surface area (Å²) in [6.07, 6.45) is 14.5. The molecular formula is C42H65N3O3S. The molecule has 6 nitrogen and oxygen atoms in total. The summed E-state index contributed by atoms with van der Waals surface area (Å²) < 4.78 is 16.9. The molecule has 1 aromatic rings. The normalized spacial score (nSPS) is 41.1. The average Bonchev–Trinajstić information content (AvgIpc) is 3.48. The van der Waals surface area contributed by atoms with Crippen LogP contribution in [-0.2, 0) is 15.5 Å². The predicted molar refractivity (Wildman–Crippen MR) is 202 cm³/mol. The zero-order chi connectivity index (χ0) is 34.8. The zero-order valence-electron chi connectivity index (χ0n) is 31.6. The van der Waals surface area contributed by atoms with E-state index in [0.29, 0.717) is 28.4 Å². The summed E-state index contributed by atoms with van der Waals surface area (Å²) in [7, 11) is 3.02. The first-order valence-corrected chi connectivity index (χ1v) is 21.3. The molecule has 1 aromatic carbocycles. The lowest BCUT2D eigenvalue weighted by Gasteiger charge is -2.68. The van der Waals surface area contributed by atoms with Gasteiger partial charge in [0.2, 0.25) is 0 Å². The minimum Gasteiger partial charge on any atom is -0.465 e. The van der Waals surface area contributed by atoms with E-state index in [1.165, 1.54) is 69.6 Å². The van der Waals surface area contributed by atoms with Crippen LogP contribution in [0.1, 0.15) is 108 Å². The second-order valence-electron chi connectivity index (χ2n) is 18.2. The van der Waals surface area contributed by atoms with E-state index in [1.807, 2.05) is 12.1 Å².